The van der Waals surface area contributed by atoms with Crippen molar-refractivity contribution < 1.29 is 14.3 Å². The molecule has 2 aliphatic heterocycles. The molecule has 0 aromatic carbocycles. The molecule has 1 unspecified atom stereocenters. The Morgan fingerprint density at radius 3 is 3.00 bits per heavy atom. The van der Waals surface area contributed by atoms with E-state index in [0.29, 0.717) is 32.0 Å². The third kappa shape index (κ3) is 4.00. The highest BCUT2D eigenvalue weighted by atomic mass is 16.5. The monoisotopic (exact) mass is 319 g/mol. The Morgan fingerprint density at radius 1 is 1.48 bits per heavy atom. The van der Waals surface area contributed by atoms with Gasteiger partial charge < -0.3 is 19.3 Å². The summed E-state index contributed by atoms with van der Waals surface area (Å²) in [5.41, 5.74) is -0.217. The van der Waals surface area contributed by atoms with Crippen LogP contribution in [0.4, 0.5) is 0 Å². The van der Waals surface area contributed by atoms with E-state index in [4.69, 9.17) is 9.47 Å². The molecule has 3 rings (SSSR count). The lowest BCUT2D eigenvalue weighted by atomic mass is 9.84. The Morgan fingerprint density at radius 2 is 2.30 bits per heavy atom. The van der Waals surface area contributed by atoms with Crippen LogP contribution in [-0.2, 0) is 9.53 Å². The van der Waals surface area contributed by atoms with Crippen LogP contribution in [-0.4, -0.2) is 72.7 Å². The van der Waals surface area contributed by atoms with Crippen molar-refractivity contribution in [3.63, 3.8) is 0 Å². The smallest absolute Gasteiger partial charge is 0.224 e. The summed E-state index contributed by atoms with van der Waals surface area (Å²) in [7, 11) is 3.96. The van der Waals surface area contributed by atoms with E-state index in [0.717, 1.165) is 19.4 Å². The molecule has 2 saturated heterocycles. The molecule has 0 bridgehead atoms. The number of ether oxygens (including phenoxy) is 2. The molecule has 0 N–H and O–H groups in total. The van der Waals surface area contributed by atoms with Gasteiger partial charge >= 0.3 is 0 Å². The topological polar surface area (TPSA) is 54.9 Å². The van der Waals surface area contributed by atoms with Crippen molar-refractivity contribution in [3.05, 3.63) is 24.4 Å². The van der Waals surface area contributed by atoms with Gasteiger partial charge in [-0.15, -0.1) is 0 Å². The van der Waals surface area contributed by atoms with Gasteiger partial charge in [-0.1, -0.05) is 6.07 Å². The molecule has 6 heteroatoms. The van der Waals surface area contributed by atoms with Gasteiger partial charge in [0.2, 0.25) is 11.8 Å². The second-order valence-electron chi connectivity index (χ2n) is 6.74. The molecular weight excluding hydrogens is 294 g/mol. The molecule has 126 valence electrons. The summed E-state index contributed by atoms with van der Waals surface area (Å²) in [4.78, 5) is 20.3. The first-order chi connectivity index (χ1) is 11.1. The molecule has 0 radical (unpaired) electrons. The highest BCUT2D eigenvalue weighted by Gasteiger charge is 2.49. The Labute approximate surface area is 137 Å². The van der Waals surface area contributed by atoms with Gasteiger partial charge in [-0.25, -0.2) is 4.98 Å². The minimum absolute atomic E-state index is 0.109. The minimum atomic E-state index is -0.217. The summed E-state index contributed by atoms with van der Waals surface area (Å²) in [6.07, 6.45) is 4.10. The molecular formula is C17H25N3O3. The van der Waals surface area contributed by atoms with Crippen LogP contribution in [0.5, 0.6) is 5.88 Å². The van der Waals surface area contributed by atoms with Crippen LogP contribution in [0.15, 0.2) is 24.4 Å². The van der Waals surface area contributed by atoms with Gasteiger partial charge in [-0.2, -0.15) is 0 Å². The maximum Gasteiger partial charge on any atom is 0.224 e. The summed E-state index contributed by atoms with van der Waals surface area (Å²) in [5.74, 6) is 0.869. The quantitative estimate of drug-likeness (QED) is 0.815. The van der Waals surface area contributed by atoms with Crippen LogP contribution < -0.4 is 4.74 Å². The van der Waals surface area contributed by atoms with E-state index in [1.165, 1.54) is 0 Å². The molecule has 0 saturated carbocycles. The van der Waals surface area contributed by atoms with E-state index in [1.807, 2.05) is 42.1 Å². The molecule has 3 heterocycles. The van der Waals surface area contributed by atoms with Crippen LogP contribution in [0.1, 0.15) is 19.3 Å². The highest BCUT2D eigenvalue weighted by molar-refractivity contribution is 5.77. The zero-order valence-corrected chi connectivity index (χ0v) is 13.9. The minimum Gasteiger partial charge on any atom is -0.474 e. The fourth-order valence-corrected chi connectivity index (χ4v) is 3.19. The number of pyridine rings is 1. The lowest BCUT2D eigenvalue weighted by Gasteiger charge is -2.53. The Kier molecular flexibility index (Phi) is 4.82. The second kappa shape index (κ2) is 6.84. The number of hydrogen-bond donors (Lipinski definition) is 0. The summed E-state index contributed by atoms with van der Waals surface area (Å²) < 4.78 is 11.9. The lowest BCUT2D eigenvalue weighted by molar-refractivity contribution is -0.193. The van der Waals surface area contributed by atoms with Crippen LogP contribution in [0.25, 0.3) is 0 Å². The van der Waals surface area contributed by atoms with Gasteiger partial charge in [0, 0.05) is 38.1 Å². The van der Waals surface area contributed by atoms with Crippen molar-refractivity contribution in [2.45, 2.75) is 31.0 Å². The number of likely N-dealkylation sites (tertiary alicyclic amines) is 1. The first kappa shape index (κ1) is 16.2. The zero-order valence-electron chi connectivity index (χ0n) is 13.9. The van der Waals surface area contributed by atoms with Gasteiger partial charge in [0.05, 0.1) is 19.7 Å². The van der Waals surface area contributed by atoms with Gasteiger partial charge in [0.25, 0.3) is 0 Å². The van der Waals surface area contributed by atoms with E-state index < -0.39 is 0 Å². The standard InChI is InChI=1S/C17H25N3O3/c1-19(2)9-6-16(21)20-12-17(13-20)11-14(7-10-22-17)23-15-5-3-4-8-18-15/h3-5,8,14H,6-7,9-13H2,1-2H3. The van der Waals surface area contributed by atoms with Crippen molar-refractivity contribution >= 4 is 5.91 Å². The number of amides is 1. The van der Waals surface area contributed by atoms with Crippen LogP contribution in [0.3, 0.4) is 0 Å². The van der Waals surface area contributed by atoms with E-state index in [2.05, 4.69) is 4.98 Å². The number of nitrogens with zero attached hydrogens (tertiary/aromatic N) is 3. The molecule has 6 nitrogen and oxygen atoms in total. The molecule has 1 amide bonds. The van der Waals surface area contributed by atoms with Crippen LogP contribution in [0, 0.1) is 0 Å². The average Bonchev–Trinajstić information content (AvgIpc) is 2.51. The molecule has 1 aromatic rings. The van der Waals surface area contributed by atoms with Gasteiger partial charge in [0.1, 0.15) is 11.7 Å². The normalized spacial score (nSPS) is 22.9. The third-order valence-corrected chi connectivity index (χ3v) is 4.46. The fraction of sp³-hybridized carbons (Fsp3) is 0.647. The largest absolute Gasteiger partial charge is 0.474 e. The van der Waals surface area contributed by atoms with E-state index in [1.54, 1.807) is 6.20 Å². The van der Waals surface area contributed by atoms with Crippen LogP contribution in [0.2, 0.25) is 0 Å². The predicted molar refractivity (Wildman–Crippen MR) is 86.3 cm³/mol. The molecule has 23 heavy (non-hydrogen) atoms. The predicted octanol–water partition coefficient (Wildman–Crippen LogP) is 1.17. The SMILES string of the molecule is CN(C)CCC(=O)N1CC2(CC(Oc3ccccn3)CCO2)C1. The van der Waals surface area contributed by atoms with Crippen LogP contribution >= 0.6 is 0 Å². The maximum atomic E-state index is 12.1. The second-order valence-corrected chi connectivity index (χ2v) is 6.74. The fourth-order valence-electron chi connectivity index (χ4n) is 3.19. The number of carbonyl (C=O) groups excluding carboxylic acids is 1. The first-order valence-electron chi connectivity index (χ1n) is 8.20. The van der Waals surface area contributed by atoms with E-state index in [9.17, 15) is 4.79 Å². The van der Waals surface area contributed by atoms with Crippen molar-refractivity contribution in [2.75, 3.05) is 40.3 Å². The first-order valence-corrected chi connectivity index (χ1v) is 8.20. The van der Waals surface area contributed by atoms with E-state index >= 15 is 0 Å². The van der Waals surface area contributed by atoms with Gasteiger partial charge in [0.15, 0.2) is 0 Å². The lowest BCUT2D eigenvalue weighted by Crippen LogP contribution is -2.67. The molecule has 1 aromatic heterocycles. The molecule has 1 spiro atoms. The number of aromatic nitrogens is 1. The number of hydrogen-bond acceptors (Lipinski definition) is 5. The highest BCUT2D eigenvalue weighted by Crippen LogP contribution is 2.35. The Bertz CT molecular complexity index is 529. The summed E-state index contributed by atoms with van der Waals surface area (Å²) in [6, 6.07) is 5.67. The van der Waals surface area contributed by atoms with Gasteiger partial charge in [-0.3, -0.25) is 4.79 Å². The number of rotatable bonds is 5. The van der Waals surface area contributed by atoms with Crippen molar-refractivity contribution in [2.24, 2.45) is 0 Å². The summed E-state index contributed by atoms with van der Waals surface area (Å²) in [6.45, 7) is 2.83. The summed E-state index contributed by atoms with van der Waals surface area (Å²) >= 11 is 0. The summed E-state index contributed by atoms with van der Waals surface area (Å²) in [5, 5.41) is 0. The maximum absolute atomic E-state index is 12.1. The molecule has 1 atom stereocenters. The average molecular weight is 319 g/mol. The van der Waals surface area contributed by atoms with Crippen molar-refractivity contribution in [1.82, 2.24) is 14.8 Å². The zero-order chi connectivity index (χ0) is 16.3. The Balaban J connectivity index is 1.49. The molecule has 0 aliphatic carbocycles. The van der Waals surface area contributed by atoms with Crippen molar-refractivity contribution in [3.8, 4) is 5.88 Å². The van der Waals surface area contributed by atoms with Gasteiger partial charge in [-0.05, 0) is 20.2 Å². The van der Waals surface area contributed by atoms with Crippen molar-refractivity contribution in [1.29, 1.82) is 0 Å². The van der Waals surface area contributed by atoms with E-state index in [-0.39, 0.29) is 17.6 Å². The molecule has 2 fully saturated rings. The number of carbonyl (C=O) groups is 1. The molecule has 2 aliphatic rings. The Hall–Kier alpha value is -1.66. The third-order valence-electron chi connectivity index (χ3n) is 4.46.